The first kappa shape index (κ1) is 20.4. The molecule has 0 aliphatic heterocycles. The fourth-order valence-corrected chi connectivity index (χ4v) is 3.89. The zero-order chi connectivity index (χ0) is 19.5. The normalized spacial score (nSPS) is 12.3. The largest absolute Gasteiger partial charge is 0.455 e. The number of ether oxygens (including phenoxy) is 1. The molecule has 0 saturated carbocycles. The van der Waals surface area contributed by atoms with Crippen molar-refractivity contribution in [3.8, 4) is 0 Å². The van der Waals surface area contributed by atoms with Gasteiger partial charge in [-0.05, 0) is 46.8 Å². The van der Waals surface area contributed by atoms with Crippen LogP contribution < -0.4 is 0 Å². The van der Waals surface area contributed by atoms with Crippen molar-refractivity contribution >= 4 is 30.1 Å². The lowest BCUT2D eigenvalue weighted by Gasteiger charge is -2.21. The molecule has 0 radical (unpaired) electrons. The Labute approximate surface area is 152 Å². The fourth-order valence-electron chi connectivity index (χ4n) is 2.45. The third-order valence-electron chi connectivity index (χ3n) is 3.34. The average molecular weight is 381 g/mol. The second-order valence-corrected chi connectivity index (χ2v) is 8.44. The van der Waals surface area contributed by atoms with E-state index in [-0.39, 0.29) is 18.9 Å². The molecule has 26 heavy (non-hydrogen) atoms. The third-order valence-corrected chi connectivity index (χ3v) is 5.21. The molecule has 2 rings (SSSR count). The van der Waals surface area contributed by atoms with Gasteiger partial charge in [0, 0.05) is 5.39 Å². The van der Waals surface area contributed by atoms with Crippen LogP contribution in [0.15, 0.2) is 30.3 Å². The van der Waals surface area contributed by atoms with Crippen LogP contribution in [0.1, 0.15) is 45.1 Å². The van der Waals surface area contributed by atoms with Crippen molar-refractivity contribution in [2.45, 2.75) is 40.2 Å². The maximum Gasteiger partial charge on any atom is 0.419 e. The van der Waals surface area contributed by atoms with Crippen LogP contribution in [-0.2, 0) is 18.3 Å². The van der Waals surface area contributed by atoms with Gasteiger partial charge in [0.05, 0.1) is 18.7 Å². The summed E-state index contributed by atoms with van der Waals surface area (Å²) >= 11 is 0. The lowest BCUT2D eigenvalue weighted by atomic mass is 10.2. The Kier molecular flexibility index (Phi) is 6.06. The molecule has 0 bridgehead atoms. The molecule has 0 amide bonds. The fraction of sp³-hybridized carbons (Fsp3) is 0.444. The second-order valence-electron chi connectivity index (χ2n) is 6.54. The van der Waals surface area contributed by atoms with Gasteiger partial charge in [-0.3, -0.25) is 9.36 Å². The van der Waals surface area contributed by atoms with E-state index in [2.05, 4.69) is 0 Å². The number of carbonyl (C=O) groups excluding carboxylic acids is 2. The van der Waals surface area contributed by atoms with Crippen LogP contribution in [-0.4, -0.2) is 35.0 Å². The van der Waals surface area contributed by atoms with E-state index in [9.17, 15) is 14.2 Å². The predicted octanol–water partition coefficient (Wildman–Crippen LogP) is 4.83. The maximum atomic E-state index is 13.1. The Morgan fingerprint density at radius 1 is 1.08 bits per heavy atom. The number of esters is 1. The van der Waals surface area contributed by atoms with Gasteiger partial charge in [-0.2, -0.15) is 0 Å². The molecule has 0 atom stereocenters. The summed E-state index contributed by atoms with van der Waals surface area (Å²) < 4.78 is 29.7. The Morgan fingerprint density at radius 2 is 1.65 bits per heavy atom. The summed E-state index contributed by atoms with van der Waals surface area (Å²) in [6.45, 7) is 8.47. The molecule has 1 aromatic heterocycles. The molecule has 0 unspecified atom stereocenters. The van der Waals surface area contributed by atoms with Crippen LogP contribution in [0.5, 0.6) is 0 Å². The van der Waals surface area contributed by atoms with E-state index >= 15 is 0 Å². The van der Waals surface area contributed by atoms with Crippen LogP contribution in [0.4, 0.5) is 4.79 Å². The molecule has 142 valence electrons. The Bertz CT molecular complexity index is 854. The molecule has 0 fully saturated rings. The van der Waals surface area contributed by atoms with E-state index < -0.39 is 24.8 Å². The van der Waals surface area contributed by atoms with E-state index in [4.69, 9.17) is 13.8 Å². The Balaban J connectivity index is 2.64. The SMILES string of the molecule is CCOP(=O)(OCC)C(=O)n1c(C(=O)OC(C)(C)C)cc2ccccc21. The van der Waals surface area contributed by atoms with Gasteiger partial charge in [-0.15, -0.1) is 0 Å². The topological polar surface area (TPSA) is 83.8 Å². The molecule has 8 heteroatoms. The van der Waals surface area contributed by atoms with Gasteiger partial charge in [-0.25, -0.2) is 9.36 Å². The van der Waals surface area contributed by atoms with Gasteiger partial charge in [0.2, 0.25) is 0 Å². The van der Waals surface area contributed by atoms with Crippen LogP contribution in [0.25, 0.3) is 10.9 Å². The first-order chi connectivity index (χ1) is 12.1. The van der Waals surface area contributed by atoms with Crippen molar-refractivity contribution in [1.29, 1.82) is 0 Å². The van der Waals surface area contributed by atoms with Crippen molar-refractivity contribution in [2.75, 3.05) is 13.2 Å². The molecule has 7 nitrogen and oxygen atoms in total. The highest BCUT2D eigenvalue weighted by Crippen LogP contribution is 2.51. The molecule has 0 spiro atoms. The number of nitrogens with zero attached hydrogens (tertiary/aromatic N) is 1. The predicted molar refractivity (Wildman–Crippen MR) is 98.8 cm³/mol. The quantitative estimate of drug-likeness (QED) is 0.526. The summed E-state index contributed by atoms with van der Waals surface area (Å²) in [7, 11) is -4.10. The lowest BCUT2D eigenvalue weighted by molar-refractivity contribution is 0.00607. The zero-order valence-electron chi connectivity index (χ0n) is 15.6. The number of benzene rings is 1. The third kappa shape index (κ3) is 4.23. The number of para-hydroxylation sites is 1. The number of aromatic nitrogens is 1. The monoisotopic (exact) mass is 381 g/mol. The second kappa shape index (κ2) is 7.74. The van der Waals surface area contributed by atoms with Crippen molar-refractivity contribution in [1.82, 2.24) is 4.57 Å². The standard InChI is InChI=1S/C18H24NO6P/c1-6-23-26(22,24-7-2)17(21)19-14-11-9-8-10-13(14)12-15(19)16(20)25-18(3,4)5/h8-12H,6-7H2,1-5H3. The van der Waals surface area contributed by atoms with Crippen molar-refractivity contribution in [3.05, 3.63) is 36.0 Å². The van der Waals surface area contributed by atoms with E-state index in [1.807, 2.05) is 0 Å². The van der Waals surface area contributed by atoms with Crippen LogP contribution in [0.2, 0.25) is 0 Å². The number of carbonyl (C=O) groups is 2. The zero-order valence-corrected chi connectivity index (χ0v) is 16.5. The molecule has 1 aromatic carbocycles. The van der Waals surface area contributed by atoms with Crippen molar-refractivity contribution < 1.29 is 27.9 Å². The first-order valence-electron chi connectivity index (χ1n) is 8.40. The Hall–Kier alpha value is -1.95. The van der Waals surface area contributed by atoms with Crippen molar-refractivity contribution in [2.24, 2.45) is 0 Å². The van der Waals surface area contributed by atoms with Gasteiger partial charge < -0.3 is 13.8 Å². The van der Waals surface area contributed by atoms with Crippen LogP contribution in [0, 0.1) is 0 Å². The van der Waals surface area contributed by atoms with Crippen LogP contribution in [0.3, 0.4) is 0 Å². The summed E-state index contributed by atoms with van der Waals surface area (Å²) in [5, 5.41) is 0.640. The average Bonchev–Trinajstić information content (AvgIpc) is 2.92. The first-order valence-corrected chi connectivity index (χ1v) is 9.95. The summed E-state index contributed by atoms with van der Waals surface area (Å²) in [5.41, 5.74) is -1.25. The Morgan fingerprint density at radius 3 is 2.19 bits per heavy atom. The highest BCUT2D eigenvalue weighted by atomic mass is 31.2. The highest BCUT2D eigenvalue weighted by molar-refractivity contribution is 7.71. The minimum Gasteiger partial charge on any atom is -0.455 e. The summed E-state index contributed by atoms with van der Waals surface area (Å²) in [6.07, 6.45) is 0. The molecular formula is C18H24NO6P. The van der Waals surface area contributed by atoms with E-state index in [1.54, 1.807) is 58.9 Å². The number of hydrogen-bond donors (Lipinski definition) is 0. The molecule has 0 N–H and O–H groups in total. The minimum absolute atomic E-state index is 0.0224. The summed E-state index contributed by atoms with van der Waals surface area (Å²) in [5.74, 6) is -0.693. The minimum atomic E-state index is -4.10. The van der Waals surface area contributed by atoms with Gasteiger partial charge in [0.15, 0.2) is 0 Å². The molecule has 0 saturated heterocycles. The van der Waals surface area contributed by atoms with Crippen LogP contribution >= 0.6 is 7.60 Å². The maximum absolute atomic E-state index is 13.1. The van der Waals surface area contributed by atoms with Gasteiger partial charge in [0.25, 0.3) is 0 Å². The molecule has 0 aliphatic carbocycles. The number of fused-ring (bicyclic) bond motifs is 1. The summed E-state index contributed by atoms with van der Waals surface area (Å²) in [4.78, 5) is 25.7. The molecule has 1 heterocycles. The molecular weight excluding hydrogens is 357 g/mol. The number of hydrogen-bond acceptors (Lipinski definition) is 6. The van der Waals surface area contributed by atoms with E-state index in [0.29, 0.717) is 10.9 Å². The van der Waals surface area contributed by atoms with Gasteiger partial charge in [-0.1, -0.05) is 18.2 Å². The molecule has 0 aliphatic rings. The van der Waals surface area contributed by atoms with E-state index in [0.717, 1.165) is 4.57 Å². The number of rotatable bonds is 6. The van der Waals surface area contributed by atoms with Crippen molar-refractivity contribution in [3.63, 3.8) is 0 Å². The highest BCUT2D eigenvalue weighted by Gasteiger charge is 2.39. The lowest BCUT2D eigenvalue weighted by Crippen LogP contribution is -2.27. The van der Waals surface area contributed by atoms with Gasteiger partial charge in [0.1, 0.15) is 11.3 Å². The smallest absolute Gasteiger partial charge is 0.419 e. The molecule has 2 aromatic rings. The van der Waals surface area contributed by atoms with E-state index in [1.165, 1.54) is 6.07 Å². The van der Waals surface area contributed by atoms with Gasteiger partial charge >= 0.3 is 19.2 Å². The summed E-state index contributed by atoms with van der Waals surface area (Å²) in [6, 6.07) is 8.43.